The molecule has 0 bridgehead atoms. The second kappa shape index (κ2) is 9.69. The molecule has 0 aliphatic heterocycles. The summed E-state index contributed by atoms with van der Waals surface area (Å²) in [5.74, 6) is -0.203. The Kier molecular flexibility index (Phi) is 8.54. The summed E-state index contributed by atoms with van der Waals surface area (Å²) in [4.78, 5) is 0. The number of rotatable bonds is 9. The first-order valence-electron chi connectivity index (χ1n) is 6.29. The maximum Gasteiger partial charge on any atom is 0.129 e. The minimum absolute atomic E-state index is 0.193. The maximum atomic E-state index is 13.6. The van der Waals surface area contributed by atoms with E-state index in [0.717, 1.165) is 23.9 Å². The van der Waals surface area contributed by atoms with Gasteiger partial charge in [-0.05, 0) is 12.5 Å². The molecule has 1 unspecified atom stereocenters. The molecule has 0 saturated carbocycles. The van der Waals surface area contributed by atoms with Crippen molar-refractivity contribution in [3.63, 3.8) is 0 Å². The average molecular weight is 366 g/mol. The lowest BCUT2D eigenvalue weighted by Crippen LogP contribution is -2.12. The molecule has 0 radical (unpaired) electrons. The van der Waals surface area contributed by atoms with Gasteiger partial charge in [0.25, 0.3) is 0 Å². The summed E-state index contributed by atoms with van der Waals surface area (Å²) >= 11 is 2.21. The number of benzene rings is 1. The summed E-state index contributed by atoms with van der Waals surface area (Å²) in [5, 5.41) is 0. The highest BCUT2D eigenvalue weighted by molar-refractivity contribution is 14.1. The smallest absolute Gasteiger partial charge is 0.129 e. The Hall–Kier alpha value is -0.200. The van der Waals surface area contributed by atoms with Gasteiger partial charge in [-0.25, -0.2) is 4.39 Å². The molecule has 0 aliphatic rings. The molecule has 0 saturated heterocycles. The predicted molar refractivity (Wildman–Crippen MR) is 79.7 cm³/mol. The fourth-order valence-corrected chi connectivity index (χ4v) is 2.28. The first kappa shape index (κ1) is 15.9. The molecule has 0 N–H and O–H groups in total. The third-order valence-corrected chi connectivity index (χ3v) is 3.38. The molecule has 1 aromatic carbocycles. The fourth-order valence-electron chi connectivity index (χ4n) is 1.55. The van der Waals surface area contributed by atoms with Crippen molar-refractivity contribution in [2.24, 2.45) is 0 Å². The largest absolute Gasteiger partial charge is 0.379 e. The summed E-state index contributed by atoms with van der Waals surface area (Å²) in [5.41, 5.74) is 0.625. The van der Waals surface area contributed by atoms with Crippen LogP contribution in [-0.2, 0) is 9.47 Å². The Morgan fingerprint density at radius 3 is 2.67 bits per heavy atom. The highest BCUT2D eigenvalue weighted by Gasteiger charge is 2.14. The van der Waals surface area contributed by atoms with E-state index in [-0.39, 0.29) is 11.9 Å². The predicted octanol–water partition coefficient (Wildman–Crippen LogP) is 4.14. The van der Waals surface area contributed by atoms with Gasteiger partial charge in [-0.3, -0.25) is 0 Å². The summed E-state index contributed by atoms with van der Waals surface area (Å²) in [6.07, 6.45) is 2.01. The highest BCUT2D eigenvalue weighted by atomic mass is 127. The molecular weight excluding hydrogens is 346 g/mol. The molecule has 4 heteroatoms. The lowest BCUT2D eigenvalue weighted by Gasteiger charge is -2.16. The number of hydrogen-bond donors (Lipinski definition) is 0. The molecule has 1 rings (SSSR count). The van der Waals surface area contributed by atoms with Gasteiger partial charge < -0.3 is 9.47 Å². The Bertz CT molecular complexity index is 333. The Balaban J connectivity index is 2.32. The van der Waals surface area contributed by atoms with Crippen molar-refractivity contribution in [2.45, 2.75) is 25.9 Å². The second-order valence-electron chi connectivity index (χ2n) is 4.00. The van der Waals surface area contributed by atoms with Crippen LogP contribution < -0.4 is 0 Å². The quantitative estimate of drug-likeness (QED) is 0.372. The van der Waals surface area contributed by atoms with Crippen molar-refractivity contribution in [1.29, 1.82) is 0 Å². The number of unbranched alkanes of at least 4 members (excludes halogenated alkanes) is 1. The zero-order valence-electron chi connectivity index (χ0n) is 10.7. The van der Waals surface area contributed by atoms with Crippen LogP contribution in [0.15, 0.2) is 24.3 Å². The molecular formula is C14H20FIO2. The van der Waals surface area contributed by atoms with Crippen LogP contribution in [0.2, 0.25) is 0 Å². The van der Waals surface area contributed by atoms with Gasteiger partial charge in [0.2, 0.25) is 0 Å². The van der Waals surface area contributed by atoms with E-state index in [4.69, 9.17) is 9.47 Å². The standard InChI is InChI=1S/C14H20FIO2/c1-2-3-8-17-9-10-18-14(11-16)12-6-4-5-7-13(12)15/h4-7,14H,2-3,8-11H2,1H3. The fraction of sp³-hybridized carbons (Fsp3) is 0.571. The molecule has 0 spiro atoms. The maximum absolute atomic E-state index is 13.6. The lowest BCUT2D eigenvalue weighted by atomic mass is 10.1. The molecule has 0 aromatic heterocycles. The minimum Gasteiger partial charge on any atom is -0.379 e. The summed E-state index contributed by atoms with van der Waals surface area (Å²) in [6, 6.07) is 6.77. The van der Waals surface area contributed by atoms with Gasteiger partial charge in [-0.1, -0.05) is 54.1 Å². The molecule has 0 heterocycles. The van der Waals surface area contributed by atoms with E-state index in [1.54, 1.807) is 12.1 Å². The van der Waals surface area contributed by atoms with E-state index < -0.39 is 0 Å². The third-order valence-electron chi connectivity index (χ3n) is 2.58. The van der Waals surface area contributed by atoms with E-state index in [1.165, 1.54) is 6.07 Å². The zero-order chi connectivity index (χ0) is 13.2. The number of halogens is 2. The zero-order valence-corrected chi connectivity index (χ0v) is 12.9. The van der Waals surface area contributed by atoms with Crippen LogP contribution in [0.4, 0.5) is 4.39 Å². The molecule has 18 heavy (non-hydrogen) atoms. The first-order valence-corrected chi connectivity index (χ1v) is 7.81. The van der Waals surface area contributed by atoms with Crippen molar-refractivity contribution >= 4 is 22.6 Å². The van der Waals surface area contributed by atoms with E-state index in [1.807, 2.05) is 6.07 Å². The van der Waals surface area contributed by atoms with E-state index in [0.29, 0.717) is 18.8 Å². The van der Waals surface area contributed by atoms with Crippen molar-refractivity contribution in [1.82, 2.24) is 0 Å². The van der Waals surface area contributed by atoms with Crippen LogP contribution in [0.1, 0.15) is 31.4 Å². The van der Waals surface area contributed by atoms with Crippen molar-refractivity contribution in [2.75, 3.05) is 24.2 Å². The van der Waals surface area contributed by atoms with Gasteiger partial charge in [-0.2, -0.15) is 0 Å². The van der Waals surface area contributed by atoms with Gasteiger partial charge >= 0.3 is 0 Å². The van der Waals surface area contributed by atoms with E-state index in [2.05, 4.69) is 29.5 Å². The monoisotopic (exact) mass is 366 g/mol. The van der Waals surface area contributed by atoms with Crippen LogP contribution in [0.25, 0.3) is 0 Å². The highest BCUT2D eigenvalue weighted by Crippen LogP contribution is 2.22. The molecule has 0 aliphatic carbocycles. The Labute approximate surface area is 122 Å². The number of alkyl halides is 1. The summed E-state index contributed by atoms with van der Waals surface area (Å²) in [6.45, 7) is 3.98. The number of hydrogen-bond acceptors (Lipinski definition) is 2. The molecule has 0 fully saturated rings. The van der Waals surface area contributed by atoms with Crippen molar-refractivity contribution in [3.05, 3.63) is 35.6 Å². The van der Waals surface area contributed by atoms with Crippen molar-refractivity contribution < 1.29 is 13.9 Å². The SMILES string of the molecule is CCCCOCCOC(CI)c1ccccc1F. The first-order chi connectivity index (χ1) is 8.79. The molecule has 1 atom stereocenters. The topological polar surface area (TPSA) is 18.5 Å². The third kappa shape index (κ3) is 5.63. The minimum atomic E-state index is -0.203. The van der Waals surface area contributed by atoms with Crippen LogP contribution in [0.3, 0.4) is 0 Å². The molecule has 1 aromatic rings. The molecule has 2 nitrogen and oxygen atoms in total. The summed E-state index contributed by atoms with van der Waals surface area (Å²) < 4.78 is 25.4. The Morgan fingerprint density at radius 2 is 2.00 bits per heavy atom. The van der Waals surface area contributed by atoms with Gasteiger partial charge in [0, 0.05) is 16.6 Å². The van der Waals surface area contributed by atoms with Gasteiger partial charge in [0.1, 0.15) is 5.82 Å². The molecule has 0 amide bonds. The molecule has 102 valence electrons. The van der Waals surface area contributed by atoms with Crippen LogP contribution in [-0.4, -0.2) is 24.2 Å². The Morgan fingerprint density at radius 1 is 1.22 bits per heavy atom. The second-order valence-corrected chi connectivity index (χ2v) is 4.88. The average Bonchev–Trinajstić information content (AvgIpc) is 2.39. The van der Waals surface area contributed by atoms with E-state index >= 15 is 0 Å². The van der Waals surface area contributed by atoms with Crippen LogP contribution in [0, 0.1) is 5.82 Å². The van der Waals surface area contributed by atoms with Gasteiger partial charge in [0.15, 0.2) is 0 Å². The van der Waals surface area contributed by atoms with Crippen LogP contribution >= 0.6 is 22.6 Å². The lowest BCUT2D eigenvalue weighted by molar-refractivity contribution is 0.0127. The summed E-state index contributed by atoms with van der Waals surface area (Å²) in [7, 11) is 0. The van der Waals surface area contributed by atoms with Gasteiger partial charge in [-0.15, -0.1) is 0 Å². The van der Waals surface area contributed by atoms with Crippen molar-refractivity contribution in [3.8, 4) is 0 Å². The normalized spacial score (nSPS) is 12.6. The van der Waals surface area contributed by atoms with E-state index in [9.17, 15) is 4.39 Å². The van der Waals surface area contributed by atoms with Crippen LogP contribution in [0.5, 0.6) is 0 Å². The van der Waals surface area contributed by atoms with Gasteiger partial charge in [0.05, 0.1) is 19.3 Å². The number of ether oxygens (including phenoxy) is 2.